The van der Waals surface area contributed by atoms with Crippen LogP contribution in [0.25, 0.3) is 0 Å². The zero-order chi connectivity index (χ0) is 9.84. The summed E-state index contributed by atoms with van der Waals surface area (Å²) in [7, 11) is 0. The number of aliphatic hydroxyl groups excluding tert-OH is 1. The Morgan fingerprint density at radius 3 is 3.00 bits per heavy atom. The normalized spacial score (nSPS) is 10.0. The van der Waals surface area contributed by atoms with E-state index in [-0.39, 0.29) is 18.7 Å². The number of hydrogen-bond acceptors (Lipinski definition) is 3. The molecule has 70 valence electrons. The number of halogens is 1. The molecule has 0 spiro atoms. The second-order valence-corrected chi connectivity index (χ2v) is 3.02. The summed E-state index contributed by atoms with van der Waals surface area (Å²) in [4.78, 5) is 0. The minimum atomic E-state index is -0.315. The number of aromatic nitrogens is 1. The van der Waals surface area contributed by atoms with Crippen LogP contribution in [0.5, 0.6) is 0 Å². The number of nitrogens with one attached hydrogen (secondary N) is 1. The quantitative estimate of drug-likeness (QED) is 0.425. The first-order chi connectivity index (χ1) is 6.13. The van der Waals surface area contributed by atoms with E-state index < -0.39 is 0 Å². The Bertz CT molecular complexity index is 328. The highest BCUT2D eigenvalue weighted by molar-refractivity contribution is 6.31. The van der Waals surface area contributed by atoms with Gasteiger partial charge in [-0.2, -0.15) is 4.73 Å². The molecule has 0 aromatic carbocycles. The van der Waals surface area contributed by atoms with Crippen LogP contribution < -0.4 is 4.73 Å². The summed E-state index contributed by atoms with van der Waals surface area (Å²) in [6.45, 7) is -0.315. The molecular formula is C8H9ClN2O2. The van der Waals surface area contributed by atoms with E-state index in [9.17, 15) is 5.21 Å². The molecule has 1 rings (SSSR count). The second kappa shape index (κ2) is 4.20. The Hall–Kier alpha value is -1.13. The average Bonchev–Trinajstić information content (AvgIpc) is 2.11. The van der Waals surface area contributed by atoms with Crippen LogP contribution >= 0.6 is 11.6 Å². The van der Waals surface area contributed by atoms with Crippen LogP contribution in [0.3, 0.4) is 0 Å². The highest BCUT2D eigenvalue weighted by atomic mass is 35.5. The van der Waals surface area contributed by atoms with Crippen molar-refractivity contribution in [1.29, 1.82) is 5.41 Å². The Morgan fingerprint density at radius 1 is 1.69 bits per heavy atom. The van der Waals surface area contributed by atoms with Gasteiger partial charge in [0.15, 0.2) is 12.4 Å². The molecule has 0 fully saturated rings. The molecule has 0 unspecified atom stereocenters. The molecule has 5 heteroatoms. The van der Waals surface area contributed by atoms with Crippen LogP contribution in [0.2, 0.25) is 5.02 Å². The van der Waals surface area contributed by atoms with E-state index in [1.807, 2.05) is 0 Å². The van der Waals surface area contributed by atoms with E-state index in [4.69, 9.17) is 22.1 Å². The predicted molar refractivity (Wildman–Crippen MR) is 48.9 cm³/mol. The van der Waals surface area contributed by atoms with Crippen LogP contribution in [0, 0.1) is 10.6 Å². The summed E-state index contributed by atoms with van der Waals surface area (Å²) in [5.41, 5.74) is 0.686. The van der Waals surface area contributed by atoms with Gasteiger partial charge in [-0.05, 0) is 0 Å². The maximum atomic E-state index is 10.8. The van der Waals surface area contributed by atoms with Crippen LogP contribution in [-0.4, -0.2) is 17.4 Å². The van der Waals surface area contributed by atoms with Crippen molar-refractivity contribution < 1.29 is 9.84 Å². The second-order valence-electron chi connectivity index (χ2n) is 2.62. The van der Waals surface area contributed by atoms with Gasteiger partial charge in [-0.3, -0.25) is 0 Å². The molecular weight excluding hydrogens is 192 g/mol. The number of pyridine rings is 1. The van der Waals surface area contributed by atoms with Gasteiger partial charge in [-0.25, -0.2) is 0 Å². The van der Waals surface area contributed by atoms with Crippen molar-refractivity contribution in [2.75, 3.05) is 6.61 Å². The lowest BCUT2D eigenvalue weighted by Gasteiger charge is -2.03. The Labute approximate surface area is 80.5 Å². The van der Waals surface area contributed by atoms with E-state index >= 15 is 0 Å². The maximum Gasteiger partial charge on any atom is 0.185 e. The minimum Gasteiger partial charge on any atom is -0.619 e. The Kier molecular flexibility index (Phi) is 3.22. The molecule has 1 heterocycles. The number of aliphatic hydroxyl groups is 1. The smallest absolute Gasteiger partial charge is 0.185 e. The Morgan fingerprint density at radius 2 is 2.38 bits per heavy atom. The largest absolute Gasteiger partial charge is 0.619 e. The molecule has 2 N–H and O–H groups in total. The van der Waals surface area contributed by atoms with Crippen molar-refractivity contribution in [2.24, 2.45) is 0 Å². The average molecular weight is 201 g/mol. The van der Waals surface area contributed by atoms with Crippen LogP contribution in [0.4, 0.5) is 0 Å². The highest BCUT2D eigenvalue weighted by Gasteiger charge is 2.06. The summed E-state index contributed by atoms with van der Waals surface area (Å²) in [5.74, 6) is 0. The zero-order valence-corrected chi connectivity index (χ0v) is 7.58. The predicted octanol–water partition coefficient (Wildman–Crippen LogP) is 0.528. The minimum absolute atomic E-state index is 0.133. The fourth-order valence-electron chi connectivity index (χ4n) is 0.920. The zero-order valence-electron chi connectivity index (χ0n) is 6.83. The van der Waals surface area contributed by atoms with E-state index in [1.54, 1.807) is 0 Å². The maximum absolute atomic E-state index is 10.8. The van der Waals surface area contributed by atoms with Gasteiger partial charge in [-0.15, -0.1) is 0 Å². The van der Waals surface area contributed by atoms with Gasteiger partial charge < -0.3 is 15.7 Å². The standard InChI is InChI=1S/C8H9ClN2O2/c9-8-1-2-11(13)4-6(8)3-7(10)5-12/h1-2,4,10,12H,3,5H2. The highest BCUT2D eigenvalue weighted by Crippen LogP contribution is 2.13. The SMILES string of the molecule is N=C(CO)Cc1c[n+]([O-])ccc1Cl. The van der Waals surface area contributed by atoms with E-state index in [0.29, 0.717) is 15.3 Å². The molecule has 4 nitrogen and oxygen atoms in total. The first-order valence-electron chi connectivity index (χ1n) is 3.68. The monoisotopic (exact) mass is 200 g/mol. The summed E-state index contributed by atoms with van der Waals surface area (Å²) < 4.78 is 0.617. The summed E-state index contributed by atoms with van der Waals surface area (Å²) in [6, 6.07) is 1.47. The van der Waals surface area contributed by atoms with E-state index in [2.05, 4.69) is 0 Å². The van der Waals surface area contributed by atoms with Gasteiger partial charge in [0.25, 0.3) is 0 Å². The molecule has 0 saturated heterocycles. The molecule has 0 aliphatic heterocycles. The van der Waals surface area contributed by atoms with Gasteiger partial charge in [0.1, 0.15) is 0 Å². The summed E-state index contributed by atoms with van der Waals surface area (Å²) >= 11 is 5.77. The first-order valence-corrected chi connectivity index (χ1v) is 4.05. The lowest BCUT2D eigenvalue weighted by atomic mass is 10.1. The number of hydrogen-bond donors (Lipinski definition) is 2. The molecule has 1 aromatic heterocycles. The molecule has 0 atom stereocenters. The fraction of sp³-hybridized carbons (Fsp3) is 0.250. The molecule has 0 aliphatic rings. The van der Waals surface area contributed by atoms with Gasteiger partial charge in [0.05, 0.1) is 11.6 Å². The molecule has 0 radical (unpaired) electrons. The van der Waals surface area contributed by atoms with Crippen LogP contribution in [-0.2, 0) is 6.42 Å². The van der Waals surface area contributed by atoms with E-state index in [1.165, 1.54) is 18.5 Å². The van der Waals surface area contributed by atoms with Gasteiger partial charge >= 0.3 is 0 Å². The summed E-state index contributed by atoms with van der Waals surface area (Å²) in [5, 5.41) is 27.1. The number of rotatable bonds is 3. The first kappa shape index (κ1) is 9.95. The lowest BCUT2D eigenvalue weighted by molar-refractivity contribution is -0.605. The van der Waals surface area contributed by atoms with Crippen molar-refractivity contribution in [1.82, 2.24) is 0 Å². The lowest BCUT2D eigenvalue weighted by Crippen LogP contribution is -2.25. The van der Waals surface area contributed by atoms with Gasteiger partial charge in [0.2, 0.25) is 0 Å². The molecule has 0 bridgehead atoms. The van der Waals surface area contributed by atoms with Crippen molar-refractivity contribution in [3.8, 4) is 0 Å². The number of nitrogens with zero attached hydrogens (tertiary/aromatic N) is 1. The summed E-state index contributed by atoms with van der Waals surface area (Å²) in [6.07, 6.45) is 2.79. The third-order valence-electron chi connectivity index (χ3n) is 1.55. The van der Waals surface area contributed by atoms with Crippen LogP contribution in [0.15, 0.2) is 18.5 Å². The third-order valence-corrected chi connectivity index (χ3v) is 1.92. The van der Waals surface area contributed by atoms with E-state index in [0.717, 1.165) is 0 Å². The topological polar surface area (TPSA) is 71.0 Å². The molecule has 0 amide bonds. The fourth-order valence-corrected chi connectivity index (χ4v) is 1.09. The van der Waals surface area contributed by atoms with Crippen molar-refractivity contribution in [3.05, 3.63) is 34.3 Å². The third kappa shape index (κ3) is 2.68. The molecule has 0 aliphatic carbocycles. The van der Waals surface area contributed by atoms with Crippen molar-refractivity contribution >= 4 is 17.3 Å². The van der Waals surface area contributed by atoms with Crippen molar-refractivity contribution in [2.45, 2.75) is 6.42 Å². The van der Waals surface area contributed by atoms with Crippen molar-refractivity contribution in [3.63, 3.8) is 0 Å². The molecule has 1 aromatic rings. The Balaban J connectivity index is 2.87. The van der Waals surface area contributed by atoms with Gasteiger partial charge in [-0.1, -0.05) is 11.6 Å². The molecule has 13 heavy (non-hydrogen) atoms. The van der Waals surface area contributed by atoms with Gasteiger partial charge in [0, 0.05) is 23.8 Å². The molecule has 0 saturated carbocycles. The van der Waals surface area contributed by atoms with Crippen LogP contribution in [0.1, 0.15) is 5.56 Å².